The summed E-state index contributed by atoms with van der Waals surface area (Å²) in [4.78, 5) is 0. The van der Waals surface area contributed by atoms with E-state index in [1.165, 1.54) is 0 Å². The Morgan fingerprint density at radius 3 is 2.00 bits per heavy atom. The summed E-state index contributed by atoms with van der Waals surface area (Å²) in [7, 11) is 0. The Bertz CT molecular complexity index is 81.3. The Hall–Kier alpha value is 0.750. The zero-order valence-corrected chi connectivity index (χ0v) is 7.30. The van der Waals surface area contributed by atoms with Gasteiger partial charge in [0.15, 0.2) is 0 Å². The molecule has 0 aliphatic carbocycles. The number of hydrogen-bond acceptors (Lipinski definition) is 3. The van der Waals surface area contributed by atoms with E-state index in [4.69, 9.17) is 8.56 Å². The van der Waals surface area contributed by atoms with E-state index in [9.17, 15) is 0 Å². The Morgan fingerprint density at radius 2 is 2.00 bits per heavy atom. The third kappa shape index (κ3) is 0.433. The van der Waals surface area contributed by atoms with Crippen molar-refractivity contribution in [1.29, 1.82) is 0 Å². The summed E-state index contributed by atoms with van der Waals surface area (Å²) in [6, 6.07) is 0. The van der Waals surface area contributed by atoms with Crippen LogP contribution in [-0.2, 0) is 8.56 Å². The van der Waals surface area contributed by atoms with Crippen LogP contribution in [0.1, 0.15) is 13.3 Å². The van der Waals surface area contributed by atoms with Gasteiger partial charge in [0.1, 0.15) is 0 Å². The van der Waals surface area contributed by atoms with E-state index < -0.39 is 28.7 Å². The summed E-state index contributed by atoms with van der Waals surface area (Å²) in [6.07, 6.45) is 0.834. The molecule has 0 unspecified atom stereocenters. The van der Waals surface area contributed by atoms with E-state index >= 15 is 0 Å². The van der Waals surface area contributed by atoms with Crippen LogP contribution >= 0.6 is 0 Å². The first-order valence-corrected chi connectivity index (χ1v) is 6.42. The maximum atomic E-state index is 5.13. The minimum atomic E-state index is -1.97. The summed E-state index contributed by atoms with van der Waals surface area (Å²) in [5.41, 5.74) is 0. The van der Waals surface area contributed by atoms with Gasteiger partial charge in [-0.25, -0.2) is 0 Å². The van der Waals surface area contributed by atoms with Crippen LogP contribution in [0.5, 0.6) is 0 Å². The van der Waals surface area contributed by atoms with Crippen molar-refractivity contribution in [3.63, 3.8) is 0 Å². The molecule has 0 spiro atoms. The van der Waals surface area contributed by atoms with E-state index in [0.29, 0.717) is 0 Å². The zero-order valence-electron chi connectivity index (χ0n) is 4.01. The second-order valence-corrected chi connectivity index (χ2v) is 5.34. The first-order chi connectivity index (χ1) is 3.35. The van der Waals surface area contributed by atoms with Gasteiger partial charge in [-0.15, -0.1) is 0 Å². The SMILES string of the molecule is CCC12[O][In]([O]1)[O]2. The van der Waals surface area contributed by atoms with Crippen molar-refractivity contribution in [2.24, 2.45) is 0 Å². The zero-order chi connectivity index (χ0) is 4.91. The molecule has 38 valence electrons. The average molecular weight is 204 g/mol. The molecule has 4 heteroatoms. The standard InChI is InChI=1S/C3H5O3.In/c1-2-3(4,5)6;/h2H2,1H3;/q-3;+3. The van der Waals surface area contributed by atoms with Crippen molar-refractivity contribution in [3.8, 4) is 0 Å². The van der Waals surface area contributed by atoms with E-state index in [2.05, 4.69) is 0 Å². The van der Waals surface area contributed by atoms with Crippen LogP contribution in [0.4, 0.5) is 0 Å². The molecule has 0 amide bonds. The van der Waals surface area contributed by atoms with E-state index in [-0.39, 0.29) is 0 Å². The van der Waals surface area contributed by atoms with Crippen LogP contribution in [0.25, 0.3) is 0 Å². The molecule has 0 aromatic carbocycles. The fraction of sp³-hybridized carbons (Fsp3) is 1.00. The fourth-order valence-corrected chi connectivity index (χ4v) is 4.81. The molecule has 0 saturated carbocycles. The molecule has 3 rings (SSSR count). The first kappa shape index (κ1) is 4.61. The van der Waals surface area contributed by atoms with Crippen molar-refractivity contribution < 1.29 is 8.56 Å². The Morgan fingerprint density at radius 1 is 1.43 bits per heavy atom. The number of hydrogen-bond donors (Lipinski definition) is 0. The summed E-state index contributed by atoms with van der Waals surface area (Å²) in [5, 5.41) is 0. The van der Waals surface area contributed by atoms with Crippen molar-refractivity contribution in [2.75, 3.05) is 0 Å². The average Bonchev–Trinajstić information content (AvgIpc) is 1.25. The molecular weight excluding hydrogens is 199 g/mol. The normalized spacial score (nSPS) is 31.3. The molecule has 3 nitrogen and oxygen atoms in total. The molecule has 0 atom stereocenters. The van der Waals surface area contributed by atoms with Gasteiger partial charge in [-0.1, -0.05) is 0 Å². The molecule has 0 aromatic heterocycles. The van der Waals surface area contributed by atoms with Gasteiger partial charge in [-0.2, -0.15) is 0 Å². The first-order valence-electron chi connectivity index (χ1n) is 2.38. The van der Waals surface area contributed by atoms with Crippen molar-refractivity contribution in [3.05, 3.63) is 0 Å². The second kappa shape index (κ2) is 1.18. The Labute approximate surface area is 50.9 Å². The van der Waals surface area contributed by atoms with E-state index in [1.807, 2.05) is 6.92 Å². The van der Waals surface area contributed by atoms with E-state index in [1.54, 1.807) is 0 Å². The Kier molecular flexibility index (Phi) is 0.778. The predicted octanol–water partition coefficient (Wildman–Crippen LogP) is 0.112. The van der Waals surface area contributed by atoms with Crippen LogP contribution in [0.2, 0.25) is 0 Å². The quantitative estimate of drug-likeness (QED) is 0.606. The van der Waals surface area contributed by atoms with Crippen LogP contribution in [-0.4, -0.2) is 28.7 Å². The molecular formula is C3H5InO3. The molecule has 3 heterocycles. The van der Waals surface area contributed by atoms with Gasteiger partial charge in [-0.3, -0.25) is 0 Å². The third-order valence-corrected chi connectivity index (χ3v) is 5.98. The molecule has 0 N–H and O–H groups in total. The molecule has 3 aliphatic rings. The van der Waals surface area contributed by atoms with Gasteiger partial charge in [0.2, 0.25) is 0 Å². The van der Waals surface area contributed by atoms with Crippen LogP contribution < -0.4 is 0 Å². The summed E-state index contributed by atoms with van der Waals surface area (Å²) in [6.45, 7) is 1.99. The van der Waals surface area contributed by atoms with Gasteiger partial charge in [-0.05, 0) is 0 Å². The van der Waals surface area contributed by atoms with Gasteiger partial charge in [0.25, 0.3) is 0 Å². The van der Waals surface area contributed by atoms with Crippen molar-refractivity contribution >= 4 is 22.7 Å². The minimum absolute atomic E-state index is 0.499. The van der Waals surface area contributed by atoms with E-state index in [0.717, 1.165) is 6.42 Å². The molecule has 0 aromatic rings. The van der Waals surface area contributed by atoms with Crippen molar-refractivity contribution in [1.82, 2.24) is 0 Å². The number of rotatable bonds is 1. The van der Waals surface area contributed by atoms with Crippen molar-refractivity contribution in [2.45, 2.75) is 19.3 Å². The second-order valence-electron chi connectivity index (χ2n) is 1.68. The van der Waals surface area contributed by atoms with Gasteiger partial charge in [0.05, 0.1) is 0 Å². The molecule has 7 heavy (non-hydrogen) atoms. The fourth-order valence-electron chi connectivity index (χ4n) is 0.716. The molecule has 3 saturated heterocycles. The van der Waals surface area contributed by atoms with Crippen LogP contribution in [0, 0.1) is 0 Å². The third-order valence-electron chi connectivity index (χ3n) is 1.26. The predicted molar refractivity (Wildman–Crippen MR) is 22.0 cm³/mol. The Balaban J connectivity index is 2.03. The summed E-state index contributed by atoms with van der Waals surface area (Å²) in [5.74, 6) is -0.499. The molecule has 3 fully saturated rings. The van der Waals surface area contributed by atoms with Crippen LogP contribution in [0.3, 0.4) is 0 Å². The van der Waals surface area contributed by atoms with Gasteiger partial charge < -0.3 is 0 Å². The monoisotopic (exact) mass is 204 g/mol. The van der Waals surface area contributed by atoms with Gasteiger partial charge >= 0.3 is 50.6 Å². The van der Waals surface area contributed by atoms with Crippen LogP contribution in [0.15, 0.2) is 0 Å². The topological polar surface area (TPSA) is 27.7 Å². The summed E-state index contributed by atoms with van der Waals surface area (Å²) < 4.78 is 15.4. The maximum absolute atomic E-state index is 5.13. The molecule has 0 radical (unpaired) electrons. The summed E-state index contributed by atoms with van der Waals surface area (Å²) >= 11 is -1.97. The molecule has 2 bridgehead atoms. The molecule has 3 aliphatic heterocycles. The van der Waals surface area contributed by atoms with Gasteiger partial charge in [0, 0.05) is 0 Å².